The number of hydrogen-bond acceptors (Lipinski definition) is 2. The zero-order valence-electron chi connectivity index (χ0n) is 11.0. The van der Waals surface area contributed by atoms with E-state index in [9.17, 15) is 5.11 Å². The summed E-state index contributed by atoms with van der Waals surface area (Å²) in [4.78, 5) is 5.15. The van der Waals surface area contributed by atoms with Gasteiger partial charge in [-0.1, -0.05) is 12.1 Å². The van der Waals surface area contributed by atoms with Crippen LogP contribution in [0.15, 0.2) is 48.5 Å². The quantitative estimate of drug-likeness (QED) is 0.518. The highest BCUT2D eigenvalue weighted by atomic mass is 35.5. The van der Waals surface area contributed by atoms with Crippen molar-refractivity contribution >= 4 is 17.6 Å². The van der Waals surface area contributed by atoms with Crippen LogP contribution in [0.2, 0.25) is 0 Å². The van der Waals surface area contributed by atoms with Crippen LogP contribution in [0.3, 0.4) is 0 Å². The second kappa shape index (κ2) is 6.81. The van der Waals surface area contributed by atoms with E-state index in [-0.39, 0.29) is 18.2 Å². The molecule has 0 saturated heterocycles. The summed E-state index contributed by atoms with van der Waals surface area (Å²) in [6.07, 6.45) is 1.87. The van der Waals surface area contributed by atoms with E-state index in [1.54, 1.807) is 12.1 Å². The molecule has 2 aromatic rings. The number of rotatable bonds is 3. The fraction of sp³-hybridized carbons (Fsp3) is 0.133. The maximum absolute atomic E-state index is 9.62. The van der Waals surface area contributed by atoms with Gasteiger partial charge in [-0.15, -0.1) is 0 Å². The first-order valence-corrected chi connectivity index (χ1v) is 5.82. The first-order chi connectivity index (χ1) is 8.66. The lowest BCUT2D eigenvalue weighted by Crippen LogP contribution is -3.00. The van der Waals surface area contributed by atoms with Gasteiger partial charge in [-0.2, -0.15) is 0 Å². The van der Waals surface area contributed by atoms with Crippen LogP contribution in [0.4, 0.5) is 11.4 Å². The van der Waals surface area contributed by atoms with E-state index >= 15 is 0 Å². The van der Waals surface area contributed by atoms with Gasteiger partial charge in [0.2, 0.25) is 5.69 Å². The third kappa shape index (κ3) is 4.00. The molecule has 2 rings (SSSR count). The van der Waals surface area contributed by atoms with Crippen molar-refractivity contribution in [3.05, 3.63) is 54.1 Å². The van der Waals surface area contributed by atoms with Gasteiger partial charge in [-0.25, -0.2) is 4.99 Å². The summed E-state index contributed by atoms with van der Waals surface area (Å²) in [6, 6.07) is 15.3. The van der Waals surface area contributed by atoms with E-state index in [1.807, 2.05) is 44.6 Å². The summed E-state index contributed by atoms with van der Waals surface area (Å²) in [5.41, 5.74) is 2.92. The largest absolute Gasteiger partial charge is 1.00 e. The molecule has 2 N–H and O–H groups in total. The summed E-state index contributed by atoms with van der Waals surface area (Å²) < 4.78 is 0. The Morgan fingerprint density at radius 2 is 1.63 bits per heavy atom. The lowest BCUT2D eigenvalue weighted by Gasteiger charge is -2.11. The standard InChI is InChI=1S/C15H16N2O.ClH/c1-17(2)13-9-7-12(8-10-13)11-16-14-5-3-4-6-15(14)18;/h3-11,18H,1-2H3;1H. The van der Waals surface area contributed by atoms with Crippen LogP contribution < -0.4 is 22.3 Å². The highest BCUT2D eigenvalue weighted by Crippen LogP contribution is 2.15. The van der Waals surface area contributed by atoms with Crippen LogP contribution in [-0.4, -0.2) is 25.4 Å². The molecular weight excluding hydrogens is 260 g/mol. The van der Waals surface area contributed by atoms with Gasteiger partial charge in [0.1, 0.15) is 0 Å². The third-order valence-corrected chi connectivity index (χ3v) is 2.71. The Kier molecular flexibility index (Phi) is 5.39. The van der Waals surface area contributed by atoms with Crippen molar-refractivity contribution < 1.29 is 22.5 Å². The lowest BCUT2D eigenvalue weighted by atomic mass is 10.2. The molecule has 0 unspecified atom stereocenters. The van der Waals surface area contributed by atoms with E-state index < -0.39 is 0 Å². The number of benzene rings is 2. The predicted octanol–water partition coefficient (Wildman–Crippen LogP) is -1.71. The first-order valence-electron chi connectivity index (χ1n) is 5.82. The van der Waals surface area contributed by atoms with Crippen molar-refractivity contribution in [1.82, 2.24) is 0 Å². The highest BCUT2D eigenvalue weighted by molar-refractivity contribution is 5.76. The monoisotopic (exact) mass is 276 g/mol. The fourth-order valence-electron chi connectivity index (χ4n) is 1.63. The van der Waals surface area contributed by atoms with Crippen LogP contribution in [-0.2, 0) is 0 Å². The number of nitrogens with one attached hydrogen (secondary N) is 1. The molecule has 100 valence electrons. The predicted molar refractivity (Wildman–Crippen MR) is 74.7 cm³/mol. The first kappa shape index (κ1) is 15.1. The Labute approximate surface area is 119 Å². The molecule has 0 saturated carbocycles. The number of para-hydroxylation sites is 2. The zero-order valence-corrected chi connectivity index (χ0v) is 11.7. The van der Waals surface area contributed by atoms with Gasteiger partial charge in [-0.05, 0) is 30.3 Å². The van der Waals surface area contributed by atoms with Gasteiger partial charge in [0.05, 0.1) is 0 Å². The smallest absolute Gasteiger partial charge is 0.245 e. The van der Waals surface area contributed by atoms with Crippen molar-refractivity contribution in [2.75, 3.05) is 19.0 Å². The fourth-order valence-corrected chi connectivity index (χ4v) is 1.63. The number of aromatic hydroxyl groups is 1. The van der Waals surface area contributed by atoms with Crippen molar-refractivity contribution in [3.8, 4) is 5.75 Å². The van der Waals surface area contributed by atoms with Gasteiger partial charge in [0.15, 0.2) is 12.0 Å². The normalized spacial score (nSPS) is 10.2. The molecule has 0 fully saturated rings. The van der Waals surface area contributed by atoms with Gasteiger partial charge >= 0.3 is 0 Å². The number of phenolic OH excluding ortho intramolecular Hbond substituents is 1. The molecule has 2 aromatic carbocycles. The maximum Gasteiger partial charge on any atom is 0.245 e. The summed E-state index contributed by atoms with van der Waals surface area (Å²) in [7, 11) is 4.03. The van der Waals surface area contributed by atoms with Gasteiger partial charge < -0.3 is 22.4 Å². The van der Waals surface area contributed by atoms with E-state index in [4.69, 9.17) is 0 Å². The average Bonchev–Trinajstić information content (AvgIpc) is 2.38. The minimum atomic E-state index is 0. The Morgan fingerprint density at radius 3 is 2.21 bits per heavy atom. The molecule has 0 aliphatic carbocycles. The second-order valence-electron chi connectivity index (χ2n) is 4.29. The van der Waals surface area contributed by atoms with Gasteiger partial charge in [0.25, 0.3) is 0 Å². The maximum atomic E-state index is 9.62. The van der Waals surface area contributed by atoms with Crippen molar-refractivity contribution in [2.24, 2.45) is 0 Å². The number of nitrogens with zero attached hydrogens (tertiary/aromatic N) is 1. The van der Waals surface area contributed by atoms with Crippen molar-refractivity contribution in [2.45, 2.75) is 0 Å². The molecule has 0 spiro atoms. The zero-order chi connectivity index (χ0) is 13.0. The molecule has 0 aliphatic heterocycles. The molecule has 0 radical (unpaired) electrons. The number of phenols is 1. The summed E-state index contributed by atoms with van der Waals surface area (Å²) in [6.45, 7) is 0. The molecule has 4 heteroatoms. The number of anilines is 1. The molecule has 0 aliphatic rings. The number of halogens is 1. The topological polar surface area (TPSA) is 37.4 Å². The van der Waals surface area contributed by atoms with Crippen LogP contribution in [0.25, 0.3) is 0 Å². The second-order valence-corrected chi connectivity index (χ2v) is 4.29. The molecular formula is C15H17ClN2O. The van der Waals surface area contributed by atoms with E-state index in [0.717, 1.165) is 11.3 Å². The summed E-state index contributed by atoms with van der Waals surface area (Å²) in [5, 5.41) is 9.62. The van der Waals surface area contributed by atoms with Crippen molar-refractivity contribution in [1.29, 1.82) is 0 Å². The SMILES string of the molecule is CN(C)c1ccc(C=[NH+]c2ccccc2O)cc1.[Cl-]. The molecule has 0 amide bonds. The molecule has 19 heavy (non-hydrogen) atoms. The van der Waals surface area contributed by atoms with Crippen LogP contribution in [0.5, 0.6) is 5.75 Å². The minimum absolute atomic E-state index is 0. The molecule has 0 atom stereocenters. The van der Waals surface area contributed by atoms with Crippen LogP contribution >= 0.6 is 0 Å². The Morgan fingerprint density at radius 1 is 1.00 bits per heavy atom. The lowest BCUT2D eigenvalue weighted by molar-refractivity contribution is -0.348. The van der Waals surface area contributed by atoms with E-state index in [2.05, 4.69) is 22.0 Å². The van der Waals surface area contributed by atoms with Gasteiger partial charge in [-0.3, -0.25) is 0 Å². The molecule has 0 heterocycles. The van der Waals surface area contributed by atoms with Gasteiger partial charge in [0, 0.05) is 31.4 Å². The Balaban J connectivity index is 0.00000180. The van der Waals surface area contributed by atoms with E-state index in [1.165, 1.54) is 0 Å². The van der Waals surface area contributed by atoms with Crippen LogP contribution in [0, 0.1) is 0 Å². The summed E-state index contributed by atoms with van der Waals surface area (Å²) in [5.74, 6) is 0.249. The Hall–Kier alpha value is -2.00. The molecule has 3 nitrogen and oxygen atoms in total. The summed E-state index contributed by atoms with van der Waals surface area (Å²) >= 11 is 0. The Bertz CT molecular complexity index is 550. The molecule has 0 bridgehead atoms. The third-order valence-electron chi connectivity index (χ3n) is 2.71. The average molecular weight is 277 g/mol. The number of hydrogen-bond donors (Lipinski definition) is 2. The molecule has 0 aromatic heterocycles. The van der Waals surface area contributed by atoms with Crippen molar-refractivity contribution in [3.63, 3.8) is 0 Å². The highest BCUT2D eigenvalue weighted by Gasteiger charge is 2.02. The van der Waals surface area contributed by atoms with E-state index in [0.29, 0.717) is 5.69 Å². The minimum Gasteiger partial charge on any atom is -1.00 e. The van der Waals surface area contributed by atoms with Crippen LogP contribution in [0.1, 0.15) is 5.56 Å².